The third kappa shape index (κ3) is 4.21. The zero-order valence-corrected chi connectivity index (χ0v) is 13.8. The lowest BCUT2D eigenvalue weighted by Crippen LogP contribution is -2.16. The Bertz CT molecular complexity index is 710. The van der Waals surface area contributed by atoms with Crippen LogP contribution < -0.4 is 5.32 Å². The van der Waals surface area contributed by atoms with Gasteiger partial charge in [-0.2, -0.15) is 0 Å². The number of hydrogen-bond acceptors (Lipinski definition) is 3. The van der Waals surface area contributed by atoms with Gasteiger partial charge in [0.1, 0.15) is 0 Å². The van der Waals surface area contributed by atoms with Crippen LogP contribution in [0.1, 0.15) is 28.4 Å². The quantitative estimate of drug-likeness (QED) is 0.663. The number of carbonyl (C=O) groups is 2. The van der Waals surface area contributed by atoms with Crippen LogP contribution in [0.15, 0.2) is 47.4 Å². The highest BCUT2D eigenvalue weighted by Gasteiger charge is 2.10. The van der Waals surface area contributed by atoms with Crippen LogP contribution in [0, 0.1) is 13.8 Å². The molecule has 4 heteroatoms. The molecule has 2 aromatic rings. The minimum atomic E-state index is -0.114. The molecule has 0 fully saturated rings. The van der Waals surface area contributed by atoms with Gasteiger partial charge >= 0.3 is 0 Å². The van der Waals surface area contributed by atoms with Gasteiger partial charge in [0.05, 0.1) is 11.4 Å². The SMILES string of the molecule is CC(=O)c1ccccc1NC(=O)CSc1ccc(C)c(C)c1. The number of carbonyl (C=O) groups excluding carboxylic acids is 2. The summed E-state index contributed by atoms with van der Waals surface area (Å²) < 4.78 is 0. The average Bonchev–Trinajstić information content (AvgIpc) is 2.49. The second-order valence-electron chi connectivity index (χ2n) is 5.18. The number of thioether (sulfide) groups is 1. The van der Waals surface area contributed by atoms with Gasteiger partial charge in [0.2, 0.25) is 5.91 Å². The van der Waals surface area contributed by atoms with Crippen molar-refractivity contribution in [3.05, 3.63) is 59.2 Å². The number of hydrogen-bond donors (Lipinski definition) is 1. The molecule has 2 rings (SSSR count). The molecule has 1 amide bonds. The normalized spacial score (nSPS) is 10.3. The number of para-hydroxylation sites is 1. The summed E-state index contributed by atoms with van der Waals surface area (Å²) in [6.07, 6.45) is 0. The fraction of sp³-hybridized carbons (Fsp3) is 0.222. The van der Waals surface area contributed by atoms with E-state index >= 15 is 0 Å². The molecule has 114 valence electrons. The van der Waals surface area contributed by atoms with E-state index in [-0.39, 0.29) is 11.7 Å². The molecule has 0 aliphatic heterocycles. The number of ketones is 1. The van der Waals surface area contributed by atoms with Crippen molar-refractivity contribution in [2.45, 2.75) is 25.7 Å². The highest BCUT2D eigenvalue weighted by Crippen LogP contribution is 2.22. The summed E-state index contributed by atoms with van der Waals surface area (Å²) in [5.41, 5.74) is 3.56. The van der Waals surface area contributed by atoms with Gasteiger partial charge in [-0.05, 0) is 56.2 Å². The lowest BCUT2D eigenvalue weighted by Gasteiger charge is -2.09. The standard InChI is InChI=1S/C18H19NO2S/c1-12-8-9-15(10-13(12)2)22-11-18(21)19-17-7-5-4-6-16(17)14(3)20/h4-10H,11H2,1-3H3,(H,19,21). The Morgan fingerprint density at radius 3 is 2.45 bits per heavy atom. The number of Topliss-reactive ketones (excluding diaryl/α,β-unsaturated/α-hetero) is 1. The average molecular weight is 313 g/mol. The summed E-state index contributed by atoms with van der Waals surface area (Å²) in [6.45, 7) is 5.62. The first kappa shape index (κ1) is 16.3. The Balaban J connectivity index is 1.99. The van der Waals surface area contributed by atoms with E-state index in [1.54, 1.807) is 24.3 Å². The van der Waals surface area contributed by atoms with Gasteiger partial charge in [0.25, 0.3) is 0 Å². The molecule has 0 atom stereocenters. The molecule has 0 saturated carbocycles. The number of aryl methyl sites for hydroxylation is 2. The van der Waals surface area contributed by atoms with Crippen LogP contribution in [0.4, 0.5) is 5.69 Å². The molecule has 0 unspecified atom stereocenters. The summed E-state index contributed by atoms with van der Waals surface area (Å²) in [6, 6.07) is 13.2. The molecule has 0 spiro atoms. The Morgan fingerprint density at radius 2 is 1.77 bits per heavy atom. The Hall–Kier alpha value is -2.07. The zero-order valence-electron chi connectivity index (χ0n) is 13.0. The molecule has 0 saturated heterocycles. The predicted octanol–water partition coefficient (Wildman–Crippen LogP) is 4.24. The summed E-state index contributed by atoms with van der Waals surface area (Å²) in [4.78, 5) is 24.7. The van der Waals surface area contributed by atoms with Gasteiger partial charge in [0, 0.05) is 10.5 Å². The lowest BCUT2D eigenvalue weighted by molar-refractivity contribution is -0.113. The smallest absolute Gasteiger partial charge is 0.234 e. The predicted molar refractivity (Wildman–Crippen MR) is 91.7 cm³/mol. The number of benzene rings is 2. The maximum absolute atomic E-state index is 12.1. The largest absolute Gasteiger partial charge is 0.325 e. The monoisotopic (exact) mass is 313 g/mol. The van der Waals surface area contributed by atoms with E-state index in [1.807, 2.05) is 6.07 Å². The van der Waals surface area contributed by atoms with E-state index in [9.17, 15) is 9.59 Å². The fourth-order valence-electron chi connectivity index (χ4n) is 2.04. The van der Waals surface area contributed by atoms with Crippen LogP contribution in [-0.4, -0.2) is 17.4 Å². The Morgan fingerprint density at radius 1 is 1.05 bits per heavy atom. The number of amides is 1. The fourth-order valence-corrected chi connectivity index (χ4v) is 2.83. The van der Waals surface area contributed by atoms with E-state index in [0.717, 1.165) is 4.90 Å². The van der Waals surface area contributed by atoms with Crippen molar-refractivity contribution in [2.24, 2.45) is 0 Å². The Labute approximate surface area is 135 Å². The van der Waals surface area contributed by atoms with Crippen LogP contribution in [0.5, 0.6) is 0 Å². The second kappa shape index (κ2) is 7.27. The molecular weight excluding hydrogens is 294 g/mol. The summed E-state index contributed by atoms with van der Waals surface area (Å²) in [5.74, 6) is 0.143. The maximum Gasteiger partial charge on any atom is 0.234 e. The van der Waals surface area contributed by atoms with Gasteiger partial charge in [-0.15, -0.1) is 11.8 Å². The second-order valence-corrected chi connectivity index (χ2v) is 6.23. The van der Waals surface area contributed by atoms with Crippen molar-refractivity contribution in [1.29, 1.82) is 0 Å². The van der Waals surface area contributed by atoms with E-state index in [1.165, 1.54) is 29.8 Å². The molecule has 2 aromatic carbocycles. The molecule has 0 aliphatic carbocycles. The van der Waals surface area contributed by atoms with E-state index in [4.69, 9.17) is 0 Å². The van der Waals surface area contributed by atoms with Crippen LogP contribution in [0.3, 0.4) is 0 Å². The van der Waals surface area contributed by atoms with E-state index in [0.29, 0.717) is 17.0 Å². The molecule has 1 N–H and O–H groups in total. The topological polar surface area (TPSA) is 46.2 Å². The highest BCUT2D eigenvalue weighted by molar-refractivity contribution is 8.00. The van der Waals surface area contributed by atoms with Crippen molar-refractivity contribution >= 4 is 29.1 Å². The van der Waals surface area contributed by atoms with Crippen molar-refractivity contribution in [3.8, 4) is 0 Å². The van der Waals surface area contributed by atoms with Gasteiger partial charge in [0.15, 0.2) is 5.78 Å². The van der Waals surface area contributed by atoms with Crippen LogP contribution in [-0.2, 0) is 4.79 Å². The third-order valence-corrected chi connectivity index (χ3v) is 4.42. The summed E-state index contributed by atoms with van der Waals surface area (Å²) >= 11 is 1.49. The first-order valence-corrected chi connectivity index (χ1v) is 8.06. The van der Waals surface area contributed by atoms with Gasteiger partial charge in [-0.25, -0.2) is 0 Å². The van der Waals surface area contributed by atoms with E-state index in [2.05, 4.69) is 31.3 Å². The molecule has 0 bridgehead atoms. The molecule has 3 nitrogen and oxygen atoms in total. The molecule has 0 radical (unpaired) electrons. The van der Waals surface area contributed by atoms with E-state index < -0.39 is 0 Å². The summed E-state index contributed by atoms with van der Waals surface area (Å²) in [5, 5.41) is 2.81. The number of anilines is 1. The van der Waals surface area contributed by atoms with Crippen molar-refractivity contribution < 1.29 is 9.59 Å². The first-order valence-electron chi connectivity index (χ1n) is 7.07. The van der Waals surface area contributed by atoms with Gasteiger partial charge < -0.3 is 5.32 Å². The minimum Gasteiger partial charge on any atom is -0.325 e. The van der Waals surface area contributed by atoms with Crippen LogP contribution in [0.25, 0.3) is 0 Å². The molecule has 22 heavy (non-hydrogen) atoms. The zero-order chi connectivity index (χ0) is 16.1. The maximum atomic E-state index is 12.1. The lowest BCUT2D eigenvalue weighted by atomic mass is 10.1. The van der Waals surface area contributed by atoms with Crippen molar-refractivity contribution in [3.63, 3.8) is 0 Å². The highest BCUT2D eigenvalue weighted by atomic mass is 32.2. The van der Waals surface area contributed by atoms with Crippen LogP contribution >= 0.6 is 11.8 Å². The number of nitrogens with one attached hydrogen (secondary N) is 1. The minimum absolute atomic E-state index is 0.0577. The molecule has 0 aliphatic rings. The molecule has 0 aromatic heterocycles. The van der Waals surface area contributed by atoms with Crippen molar-refractivity contribution in [1.82, 2.24) is 0 Å². The van der Waals surface area contributed by atoms with Gasteiger partial charge in [-0.1, -0.05) is 18.2 Å². The Kier molecular flexibility index (Phi) is 5.39. The first-order chi connectivity index (χ1) is 10.5. The molecular formula is C18H19NO2S. The molecule has 0 heterocycles. The number of rotatable bonds is 5. The van der Waals surface area contributed by atoms with Crippen LogP contribution in [0.2, 0.25) is 0 Å². The van der Waals surface area contributed by atoms with Crippen molar-refractivity contribution in [2.75, 3.05) is 11.1 Å². The third-order valence-electron chi connectivity index (χ3n) is 3.43. The summed E-state index contributed by atoms with van der Waals surface area (Å²) in [7, 11) is 0. The van der Waals surface area contributed by atoms with Gasteiger partial charge in [-0.3, -0.25) is 9.59 Å².